The summed E-state index contributed by atoms with van der Waals surface area (Å²) in [6.07, 6.45) is 2.11. The van der Waals surface area contributed by atoms with E-state index in [1.807, 2.05) is 27.7 Å². The van der Waals surface area contributed by atoms with Crippen molar-refractivity contribution in [3.05, 3.63) is 0 Å². The number of nitrogens with zero attached hydrogens (tertiary/aromatic N) is 1. The Morgan fingerprint density at radius 2 is 1.83 bits per heavy atom. The lowest BCUT2D eigenvalue weighted by Gasteiger charge is -2.31. The minimum absolute atomic E-state index is 0.215. The monoisotopic (exact) mass is 329 g/mol. The van der Waals surface area contributed by atoms with Crippen molar-refractivity contribution in [2.24, 2.45) is 0 Å². The van der Waals surface area contributed by atoms with Crippen molar-refractivity contribution in [1.29, 1.82) is 0 Å². The zero-order valence-electron chi connectivity index (χ0n) is 14.8. The Labute approximate surface area is 139 Å². The van der Waals surface area contributed by atoms with Gasteiger partial charge in [0.05, 0.1) is 6.61 Å². The molecule has 0 bridgehead atoms. The number of hydrogen-bond acceptors (Lipinski definition) is 5. The Balaban J connectivity index is 2.05. The smallest absolute Gasteiger partial charge is 0.409 e. The number of alkyl carbamates (subject to hydrolysis) is 1. The number of rotatable bonds is 6. The second-order valence-corrected chi connectivity index (χ2v) is 6.70. The normalized spacial score (nSPS) is 16.1. The first-order valence-corrected chi connectivity index (χ1v) is 8.43. The lowest BCUT2D eigenvalue weighted by Crippen LogP contribution is -2.45. The standard InChI is InChI=1S/C16H31N3O4/c1-5-22-15(21)19-11-7-13(8-12-19)17-9-6-10-18-14(20)23-16(2,3)4/h13,17H,5-12H2,1-4H3,(H,18,20). The van der Waals surface area contributed by atoms with Crippen LogP contribution in [0, 0.1) is 0 Å². The van der Waals surface area contributed by atoms with Crippen molar-refractivity contribution < 1.29 is 19.1 Å². The molecule has 1 heterocycles. The molecule has 0 radical (unpaired) electrons. The molecular weight excluding hydrogens is 298 g/mol. The third-order valence-corrected chi connectivity index (χ3v) is 3.48. The Hall–Kier alpha value is -1.50. The van der Waals surface area contributed by atoms with Gasteiger partial charge in [0, 0.05) is 25.7 Å². The van der Waals surface area contributed by atoms with Crippen molar-refractivity contribution in [3.63, 3.8) is 0 Å². The quantitative estimate of drug-likeness (QED) is 0.730. The highest BCUT2D eigenvalue weighted by molar-refractivity contribution is 5.68. The van der Waals surface area contributed by atoms with Gasteiger partial charge in [0.2, 0.25) is 0 Å². The molecule has 23 heavy (non-hydrogen) atoms. The number of nitrogens with one attached hydrogen (secondary N) is 2. The third kappa shape index (κ3) is 8.64. The van der Waals surface area contributed by atoms with Gasteiger partial charge in [0.15, 0.2) is 0 Å². The van der Waals surface area contributed by atoms with Crippen LogP contribution in [-0.2, 0) is 9.47 Å². The fraction of sp³-hybridized carbons (Fsp3) is 0.875. The number of piperidine rings is 1. The van der Waals surface area contributed by atoms with Gasteiger partial charge in [-0.25, -0.2) is 9.59 Å². The third-order valence-electron chi connectivity index (χ3n) is 3.48. The Morgan fingerprint density at radius 3 is 2.39 bits per heavy atom. The summed E-state index contributed by atoms with van der Waals surface area (Å²) >= 11 is 0. The SMILES string of the molecule is CCOC(=O)N1CCC(NCCCNC(=O)OC(C)(C)C)CC1. The maximum Gasteiger partial charge on any atom is 0.409 e. The first-order chi connectivity index (χ1) is 10.8. The molecule has 0 spiro atoms. The molecule has 0 aliphatic carbocycles. The molecule has 1 aliphatic rings. The lowest BCUT2D eigenvalue weighted by molar-refractivity contribution is 0.0527. The van der Waals surface area contributed by atoms with Crippen molar-refractivity contribution >= 4 is 12.2 Å². The number of ether oxygens (including phenoxy) is 2. The number of carbonyl (C=O) groups is 2. The Morgan fingerprint density at radius 1 is 1.17 bits per heavy atom. The highest BCUT2D eigenvalue weighted by Crippen LogP contribution is 2.11. The molecule has 0 saturated carbocycles. The molecule has 0 unspecified atom stereocenters. The largest absolute Gasteiger partial charge is 0.450 e. The van der Waals surface area contributed by atoms with E-state index >= 15 is 0 Å². The van der Waals surface area contributed by atoms with Crippen LogP contribution in [-0.4, -0.2) is 61.5 Å². The van der Waals surface area contributed by atoms with Gasteiger partial charge in [-0.2, -0.15) is 0 Å². The highest BCUT2D eigenvalue weighted by Gasteiger charge is 2.23. The van der Waals surface area contributed by atoms with E-state index in [-0.39, 0.29) is 12.2 Å². The summed E-state index contributed by atoms with van der Waals surface area (Å²) in [5.74, 6) is 0. The van der Waals surface area contributed by atoms with E-state index in [4.69, 9.17) is 9.47 Å². The molecule has 1 fully saturated rings. The number of likely N-dealkylation sites (tertiary alicyclic amines) is 1. The fourth-order valence-corrected chi connectivity index (χ4v) is 2.38. The van der Waals surface area contributed by atoms with Crippen molar-refractivity contribution in [3.8, 4) is 0 Å². The van der Waals surface area contributed by atoms with E-state index in [9.17, 15) is 9.59 Å². The predicted octanol–water partition coefficient (Wildman–Crippen LogP) is 2.11. The number of amides is 2. The van der Waals surface area contributed by atoms with Crippen molar-refractivity contribution in [2.45, 2.75) is 58.6 Å². The van der Waals surface area contributed by atoms with E-state index in [0.29, 0.717) is 19.2 Å². The van der Waals surface area contributed by atoms with Crippen molar-refractivity contribution in [1.82, 2.24) is 15.5 Å². The molecule has 2 N–H and O–H groups in total. The average Bonchev–Trinajstić information content (AvgIpc) is 2.46. The van der Waals surface area contributed by atoms with Gasteiger partial charge in [-0.1, -0.05) is 0 Å². The molecule has 0 aromatic heterocycles. The average molecular weight is 329 g/mol. The maximum atomic E-state index is 11.6. The van der Waals surface area contributed by atoms with E-state index in [1.54, 1.807) is 4.90 Å². The van der Waals surface area contributed by atoms with Gasteiger partial charge < -0.3 is 25.0 Å². The second kappa shape index (κ2) is 9.60. The van der Waals surface area contributed by atoms with Gasteiger partial charge >= 0.3 is 12.2 Å². The molecular formula is C16H31N3O4. The molecule has 1 rings (SSSR count). The summed E-state index contributed by atoms with van der Waals surface area (Å²) in [6, 6.07) is 0.419. The molecule has 0 aromatic rings. The molecule has 7 heteroatoms. The molecule has 0 aromatic carbocycles. The first kappa shape index (κ1) is 19.5. The molecule has 2 amide bonds. The first-order valence-electron chi connectivity index (χ1n) is 8.43. The van der Waals surface area contributed by atoms with Crippen LogP contribution in [0.2, 0.25) is 0 Å². The van der Waals surface area contributed by atoms with Crippen LogP contribution in [0.1, 0.15) is 47.0 Å². The summed E-state index contributed by atoms with van der Waals surface area (Å²) < 4.78 is 10.2. The van der Waals surface area contributed by atoms with Gasteiger partial charge in [0.1, 0.15) is 5.60 Å². The van der Waals surface area contributed by atoms with Gasteiger partial charge in [-0.3, -0.25) is 0 Å². The Bertz CT molecular complexity index is 374. The molecule has 1 aliphatic heterocycles. The van der Waals surface area contributed by atoms with Crippen LogP contribution in [0.3, 0.4) is 0 Å². The van der Waals surface area contributed by atoms with Crippen LogP contribution in [0.5, 0.6) is 0 Å². The van der Waals surface area contributed by atoms with Crippen LogP contribution in [0.4, 0.5) is 9.59 Å². The van der Waals surface area contributed by atoms with Crippen LogP contribution in [0.25, 0.3) is 0 Å². The predicted molar refractivity (Wildman–Crippen MR) is 88.5 cm³/mol. The van der Waals surface area contributed by atoms with E-state index in [0.717, 1.165) is 38.9 Å². The highest BCUT2D eigenvalue weighted by atomic mass is 16.6. The Kier molecular flexibility index (Phi) is 8.16. The van der Waals surface area contributed by atoms with Gasteiger partial charge in [-0.05, 0) is 53.5 Å². The van der Waals surface area contributed by atoms with Crippen LogP contribution < -0.4 is 10.6 Å². The van der Waals surface area contributed by atoms with Crippen LogP contribution in [0.15, 0.2) is 0 Å². The second-order valence-electron chi connectivity index (χ2n) is 6.70. The van der Waals surface area contributed by atoms with Crippen molar-refractivity contribution in [2.75, 3.05) is 32.8 Å². The summed E-state index contributed by atoms with van der Waals surface area (Å²) in [5, 5.41) is 6.21. The summed E-state index contributed by atoms with van der Waals surface area (Å²) in [7, 11) is 0. The minimum atomic E-state index is -0.463. The summed E-state index contributed by atoms with van der Waals surface area (Å²) in [6.45, 7) is 10.6. The maximum absolute atomic E-state index is 11.6. The molecule has 7 nitrogen and oxygen atoms in total. The van der Waals surface area contributed by atoms with Gasteiger partial charge in [-0.15, -0.1) is 0 Å². The zero-order chi connectivity index (χ0) is 17.3. The topological polar surface area (TPSA) is 79.9 Å². The molecule has 1 saturated heterocycles. The summed E-state index contributed by atoms with van der Waals surface area (Å²) in [5.41, 5.74) is -0.463. The van der Waals surface area contributed by atoms with E-state index in [1.165, 1.54) is 0 Å². The van der Waals surface area contributed by atoms with E-state index in [2.05, 4.69) is 10.6 Å². The zero-order valence-corrected chi connectivity index (χ0v) is 14.8. The van der Waals surface area contributed by atoms with Gasteiger partial charge in [0.25, 0.3) is 0 Å². The van der Waals surface area contributed by atoms with Crippen LogP contribution >= 0.6 is 0 Å². The number of carbonyl (C=O) groups excluding carboxylic acids is 2. The van der Waals surface area contributed by atoms with E-state index < -0.39 is 5.60 Å². The lowest BCUT2D eigenvalue weighted by atomic mass is 10.1. The molecule has 134 valence electrons. The minimum Gasteiger partial charge on any atom is -0.450 e. The fourth-order valence-electron chi connectivity index (χ4n) is 2.38. The number of hydrogen-bond donors (Lipinski definition) is 2. The summed E-state index contributed by atoms with van der Waals surface area (Å²) in [4.78, 5) is 24.8. The molecule has 0 atom stereocenters.